The summed E-state index contributed by atoms with van der Waals surface area (Å²) in [4.78, 5) is 31.3. The molecular weight excluding hydrogens is 374 g/mol. The van der Waals surface area contributed by atoms with E-state index in [0.29, 0.717) is 17.1 Å². The predicted molar refractivity (Wildman–Crippen MR) is 108 cm³/mol. The Labute approximate surface area is 167 Å². The molecule has 0 unspecified atom stereocenters. The second kappa shape index (κ2) is 8.06. The van der Waals surface area contributed by atoms with E-state index in [2.05, 4.69) is 10.3 Å². The zero-order valence-electron chi connectivity index (χ0n) is 15.6. The summed E-state index contributed by atoms with van der Waals surface area (Å²) in [7, 11) is 1.74. The smallest absolute Gasteiger partial charge is 0.252 e. The molecule has 2 amide bonds. The number of aromatic nitrogens is 1. The lowest BCUT2D eigenvalue weighted by atomic mass is 10.1. The minimum atomic E-state index is -0.0794. The lowest BCUT2D eigenvalue weighted by Gasteiger charge is -2.15. The maximum Gasteiger partial charge on any atom is 0.252 e. The van der Waals surface area contributed by atoms with Crippen LogP contribution in [0, 0.1) is 0 Å². The summed E-state index contributed by atoms with van der Waals surface area (Å²) in [6.45, 7) is 0.423. The van der Waals surface area contributed by atoms with Gasteiger partial charge in [-0.15, -0.1) is 0 Å². The average Bonchev–Trinajstić information content (AvgIpc) is 3.37. The molecule has 2 aromatic heterocycles. The number of hydrogen-bond acceptors (Lipinski definition) is 5. The zero-order chi connectivity index (χ0) is 19.5. The highest BCUT2D eigenvalue weighted by molar-refractivity contribution is 7.99. The lowest BCUT2D eigenvalue weighted by molar-refractivity contribution is -0.127. The van der Waals surface area contributed by atoms with Gasteiger partial charge >= 0.3 is 0 Å². The SMILES string of the molecule is CN(Cc1ccco1)C(=O)CSc1cc(C(=O)NC2CC2)c2ccccc2n1. The van der Waals surface area contributed by atoms with Crippen LogP contribution in [0.2, 0.25) is 0 Å². The molecule has 1 fully saturated rings. The molecule has 1 aliphatic rings. The van der Waals surface area contributed by atoms with Gasteiger partial charge in [-0.1, -0.05) is 30.0 Å². The number of fused-ring (bicyclic) bond motifs is 1. The van der Waals surface area contributed by atoms with Gasteiger partial charge in [0, 0.05) is 18.5 Å². The third-order valence-corrected chi connectivity index (χ3v) is 5.49. The number of rotatable bonds is 7. The van der Waals surface area contributed by atoms with Crippen molar-refractivity contribution in [2.24, 2.45) is 0 Å². The Morgan fingerprint density at radius 1 is 1.25 bits per heavy atom. The van der Waals surface area contributed by atoms with Crippen LogP contribution in [0.3, 0.4) is 0 Å². The highest BCUT2D eigenvalue weighted by Gasteiger charge is 2.25. The average molecular weight is 395 g/mol. The van der Waals surface area contributed by atoms with Gasteiger partial charge in [0.05, 0.1) is 34.7 Å². The number of hydrogen-bond donors (Lipinski definition) is 1. The molecule has 0 aliphatic heterocycles. The molecule has 28 heavy (non-hydrogen) atoms. The van der Waals surface area contributed by atoms with E-state index in [-0.39, 0.29) is 23.6 Å². The highest BCUT2D eigenvalue weighted by Crippen LogP contribution is 2.26. The van der Waals surface area contributed by atoms with Crippen molar-refractivity contribution in [2.45, 2.75) is 30.5 Å². The van der Waals surface area contributed by atoms with Crippen LogP contribution in [0.4, 0.5) is 0 Å². The molecule has 0 saturated heterocycles. The number of nitrogens with one attached hydrogen (secondary N) is 1. The van der Waals surface area contributed by atoms with Gasteiger partial charge in [-0.25, -0.2) is 4.98 Å². The van der Waals surface area contributed by atoms with Crippen LogP contribution in [-0.2, 0) is 11.3 Å². The Morgan fingerprint density at radius 2 is 2.07 bits per heavy atom. The van der Waals surface area contributed by atoms with Crippen LogP contribution in [0.5, 0.6) is 0 Å². The number of amides is 2. The molecule has 1 N–H and O–H groups in total. The van der Waals surface area contributed by atoms with Crippen LogP contribution in [0.25, 0.3) is 10.9 Å². The van der Waals surface area contributed by atoms with E-state index in [1.807, 2.05) is 30.3 Å². The van der Waals surface area contributed by atoms with Gasteiger partial charge in [0.2, 0.25) is 5.91 Å². The van der Waals surface area contributed by atoms with Gasteiger partial charge in [0.25, 0.3) is 5.91 Å². The summed E-state index contributed by atoms with van der Waals surface area (Å²) >= 11 is 1.34. The fraction of sp³-hybridized carbons (Fsp3) is 0.286. The molecule has 4 rings (SSSR count). The topological polar surface area (TPSA) is 75.4 Å². The molecule has 1 aliphatic carbocycles. The van der Waals surface area contributed by atoms with Crippen LogP contribution in [0.1, 0.15) is 29.0 Å². The fourth-order valence-electron chi connectivity index (χ4n) is 2.87. The molecule has 2 heterocycles. The summed E-state index contributed by atoms with van der Waals surface area (Å²) in [5.41, 5.74) is 1.36. The minimum absolute atomic E-state index is 0.0275. The normalized spacial score (nSPS) is 13.5. The summed E-state index contributed by atoms with van der Waals surface area (Å²) in [6.07, 6.45) is 3.66. The van der Waals surface area contributed by atoms with Crippen molar-refractivity contribution in [3.63, 3.8) is 0 Å². The van der Waals surface area contributed by atoms with Crippen LogP contribution >= 0.6 is 11.8 Å². The molecule has 0 bridgehead atoms. The van der Waals surface area contributed by atoms with Gasteiger partial charge in [-0.2, -0.15) is 0 Å². The van der Waals surface area contributed by atoms with Crippen molar-refractivity contribution >= 4 is 34.5 Å². The molecule has 6 nitrogen and oxygen atoms in total. The number of benzene rings is 1. The Hall–Kier alpha value is -2.80. The molecule has 7 heteroatoms. The van der Waals surface area contributed by atoms with Gasteiger partial charge < -0.3 is 14.6 Å². The Bertz CT molecular complexity index is 999. The van der Waals surface area contributed by atoms with Crippen LogP contribution < -0.4 is 5.32 Å². The van der Waals surface area contributed by atoms with Crippen molar-refractivity contribution in [1.29, 1.82) is 0 Å². The van der Waals surface area contributed by atoms with Crippen molar-refractivity contribution in [3.05, 3.63) is 60.1 Å². The standard InChI is InChI=1S/C21H21N3O3S/c1-24(12-15-5-4-10-27-15)20(25)13-28-19-11-17(21(26)22-14-8-9-14)16-6-2-3-7-18(16)23-19/h2-7,10-11,14H,8-9,12-13H2,1H3,(H,22,26). The third kappa shape index (κ3) is 4.36. The molecule has 1 saturated carbocycles. The van der Waals surface area contributed by atoms with E-state index >= 15 is 0 Å². The number of pyridine rings is 1. The number of carbonyl (C=O) groups excluding carboxylic acids is 2. The number of thioether (sulfide) groups is 1. The Morgan fingerprint density at radius 3 is 2.82 bits per heavy atom. The highest BCUT2D eigenvalue weighted by atomic mass is 32.2. The first-order valence-corrected chi connectivity index (χ1v) is 10.2. The fourth-order valence-corrected chi connectivity index (χ4v) is 3.73. The molecular formula is C21H21N3O3S. The summed E-state index contributed by atoms with van der Waals surface area (Å²) in [5.74, 6) is 0.875. The van der Waals surface area contributed by atoms with E-state index in [0.717, 1.165) is 29.5 Å². The van der Waals surface area contributed by atoms with Crippen molar-refractivity contribution in [3.8, 4) is 0 Å². The number of nitrogens with zero attached hydrogens (tertiary/aromatic N) is 2. The summed E-state index contributed by atoms with van der Waals surface area (Å²) in [6, 6.07) is 13.3. The molecule has 0 radical (unpaired) electrons. The maximum absolute atomic E-state index is 12.7. The number of para-hydroxylation sites is 1. The van der Waals surface area contributed by atoms with Crippen molar-refractivity contribution < 1.29 is 14.0 Å². The van der Waals surface area contributed by atoms with Crippen molar-refractivity contribution in [2.75, 3.05) is 12.8 Å². The second-order valence-electron chi connectivity index (χ2n) is 6.89. The van der Waals surface area contributed by atoms with E-state index in [1.54, 1.807) is 30.3 Å². The minimum Gasteiger partial charge on any atom is -0.467 e. The Balaban J connectivity index is 1.48. The lowest BCUT2D eigenvalue weighted by Crippen LogP contribution is -2.27. The first-order chi connectivity index (χ1) is 13.6. The first kappa shape index (κ1) is 18.6. The van der Waals surface area contributed by atoms with Gasteiger partial charge in [0.15, 0.2) is 0 Å². The van der Waals surface area contributed by atoms with Gasteiger partial charge in [-0.05, 0) is 37.1 Å². The number of furan rings is 1. The molecule has 3 aromatic rings. The molecule has 144 valence electrons. The first-order valence-electron chi connectivity index (χ1n) is 9.20. The molecule has 1 aromatic carbocycles. The van der Waals surface area contributed by atoms with E-state index in [1.165, 1.54) is 11.8 Å². The largest absolute Gasteiger partial charge is 0.467 e. The summed E-state index contributed by atoms with van der Waals surface area (Å²) in [5, 5.41) is 4.53. The molecule has 0 spiro atoms. The van der Waals surface area contributed by atoms with Gasteiger partial charge in [0.1, 0.15) is 5.76 Å². The zero-order valence-corrected chi connectivity index (χ0v) is 16.4. The molecule has 0 atom stereocenters. The van der Waals surface area contributed by atoms with E-state index in [9.17, 15) is 9.59 Å². The predicted octanol–water partition coefficient (Wildman–Crippen LogP) is 3.47. The van der Waals surface area contributed by atoms with Crippen molar-refractivity contribution in [1.82, 2.24) is 15.2 Å². The van der Waals surface area contributed by atoms with E-state index in [4.69, 9.17) is 4.42 Å². The van der Waals surface area contributed by atoms with Crippen LogP contribution in [0.15, 0.2) is 58.2 Å². The number of carbonyl (C=O) groups is 2. The monoisotopic (exact) mass is 395 g/mol. The summed E-state index contributed by atoms with van der Waals surface area (Å²) < 4.78 is 5.29. The Kier molecular flexibility index (Phi) is 5.34. The third-order valence-electron chi connectivity index (χ3n) is 4.59. The van der Waals surface area contributed by atoms with Crippen LogP contribution in [-0.4, -0.2) is 40.5 Å². The van der Waals surface area contributed by atoms with E-state index < -0.39 is 0 Å². The second-order valence-corrected chi connectivity index (χ2v) is 7.89. The maximum atomic E-state index is 12.7. The van der Waals surface area contributed by atoms with Gasteiger partial charge in [-0.3, -0.25) is 9.59 Å². The quantitative estimate of drug-likeness (QED) is 0.620.